The molecule has 31 heavy (non-hydrogen) atoms. The molecule has 5 nitrogen and oxygen atoms in total. The molecular formula is C23H28ClNO4S2. The van der Waals surface area contributed by atoms with Crippen LogP contribution >= 0.6 is 35.6 Å². The first-order valence-electron chi connectivity index (χ1n) is 9.84. The fourth-order valence-corrected chi connectivity index (χ4v) is 4.01. The van der Waals surface area contributed by atoms with E-state index in [9.17, 15) is 4.79 Å². The highest BCUT2D eigenvalue weighted by Crippen LogP contribution is 2.30. The topological polar surface area (TPSA) is 48.0 Å². The predicted octanol–water partition coefficient (Wildman–Crippen LogP) is 6.70. The lowest BCUT2D eigenvalue weighted by Gasteiger charge is -2.35. The Balaban J connectivity index is 2.21. The largest absolute Gasteiger partial charge is 0.497 e. The maximum absolute atomic E-state index is 13.0. The van der Waals surface area contributed by atoms with E-state index in [1.165, 1.54) is 0 Å². The van der Waals surface area contributed by atoms with E-state index in [-0.39, 0.29) is 9.62 Å². The Morgan fingerprint density at radius 3 is 2.42 bits per heavy atom. The lowest BCUT2D eigenvalue weighted by Crippen LogP contribution is -2.43. The molecule has 0 aliphatic carbocycles. The first kappa shape index (κ1) is 25.3. The number of thioether (sulfide) groups is 1. The van der Waals surface area contributed by atoms with E-state index in [4.69, 9.17) is 38.0 Å². The van der Waals surface area contributed by atoms with Crippen molar-refractivity contribution in [3.63, 3.8) is 0 Å². The lowest BCUT2D eigenvalue weighted by molar-refractivity contribution is 0.160. The molecule has 0 spiro atoms. The van der Waals surface area contributed by atoms with Crippen LogP contribution in [0.5, 0.6) is 11.5 Å². The Hall–Kier alpha value is -1.96. The summed E-state index contributed by atoms with van der Waals surface area (Å²) in [5, 5.41) is 0.387. The van der Waals surface area contributed by atoms with E-state index in [0.717, 1.165) is 28.6 Å². The Labute approximate surface area is 199 Å². The molecule has 0 saturated heterocycles. The fraction of sp³-hybridized carbons (Fsp3) is 0.391. The van der Waals surface area contributed by atoms with Gasteiger partial charge in [0.05, 0.1) is 20.3 Å². The molecule has 0 radical (unpaired) electrons. The molecule has 0 heterocycles. The van der Waals surface area contributed by atoms with E-state index in [1.807, 2.05) is 64.1 Å². The maximum Gasteiger partial charge on any atom is 0.290 e. The second-order valence-electron chi connectivity index (χ2n) is 7.70. The number of hydrogen-bond donors (Lipinski definition) is 0. The van der Waals surface area contributed by atoms with Gasteiger partial charge in [-0.3, -0.25) is 4.79 Å². The molecule has 0 N–H and O–H groups in total. The number of amides is 1. The summed E-state index contributed by atoms with van der Waals surface area (Å²) in [5.74, 6) is 1.46. The molecule has 0 atom stereocenters. The molecule has 168 valence electrons. The molecule has 0 unspecified atom stereocenters. The van der Waals surface area contributed by atoms with Gasteiger partial charge in [0, 0.05) is 27.9 Å². The van der Waals surface area contributed by atoms with Gasteiger partial charge in [-0.2, -0.15) is 0 Å². The number of ether oxygens (including phenoxy) is 3. The summed E-state index contributed by atoms with van der Waals surface area (Å²) in [6.07, 6.45) is 0. The monoisotopic (exact) mass is 481 g/mol. The summed E-state index contributed by atoms with van der Waals surface area (Å²) >= 11 is 12.3. The zero-order valence-electron chi connectivity index (χ0n) is 18.4. The summed E-state index contributed by atoms with van der Waals surface area (Å²) in [4.78, 5) is 14.7. The summed E-state index contributed by atoms with van der Waals surface area (Å²) in [7, 11) is 1.63. The quantitative estimate of drug-likeness (QED) is 0.410. The van der Waals surface area contributed by atoms with Crippen molar-refractivity contribution in [2.24, 2.45) is 0 Å². The maximum atomic E-state index is 13.0. The number of benzene rings is 2. The highest BCUT2D eigenvalue weighted by atomic mass is 35.5. The standard InChI is InChI=1S/C23H28ClNO4S2/c1-6-28-22(30)31-21(26)25(23(2,3)4)14-17-13-18(24)9-12-20(17)29-15-16-7-10-19(27-5)11-8-16/h7-13H,6,14-15H2,1-5H3. The third-order valence-electron chi connectivity index (χ3n) is 4.37. The molecule has 0 saturated carbocycles. The SMILES string of the molecule is CCOC(=S)SC(=O)N(Cc1cc(Cl)ccc1OCc1ccc(OC)cc1)C(C)(C)C. The van der Waals surface area contributed by atoms with Crippen LogP contribution in [-0.2, 0) is 17.9 Å². The van der Waals surface area contributed by atoms with Gasteiger partial charge in [-0.25, -0.2) is 0 Å². The van der Waals surface area contributed by atoms with Crippen LogP contribution < -0.4 is 9.47 Å². The minimum absolute atomic E-state index is 0.188. The van der Waals surface area contributed by atoms with Gasteiger partial charge >= 0.3 is 0 Å². The van der Waals surface area contributed by atoms with Crippen LogP contribution in [0, 0.1) is 0 Å². The Kier molecular flexibility index (Phi) is 9.47. The first-order chi connectivity index (χ1) is 14.6. The molecule has 0 fully saturated rings. The summed E-state index contributed by atoms with van der Waals surface area (Å²) in [6.45, 7) is 8.87. The van der Waals surface area contributed by atoms with Gasteiger partial charge in [0.2, 0.25) is 4.38 Å². The summed E-state index contributed by atoms with van der Waals surface area (Å²) in [5.41, 5.74) is 1.37. The predicted molar refractivity (Wildman–Crippen MR) is 131 cm³/mol. The zero-order valence-corrected chi connectivity index (χ0v) is 20.8. The normalized spacial score (nSPS) is 11.0. The second-order valence-corrected chi connectivity index (χ2v) is 9.69. The number of methoxy groups -OCH3 is 1. The van der Waals surface area contributed by atoms with Gasteiger partial charge in [-0.1, -0.05) is 23.7 Å². The van der Waals surface area contributed by atoms with E-state index in [0.29, 0.717) is 30.5 Å². The molecule has 0 aromatic heterocycles. The third kappa shape index (κ3) is 7.91. The zero-order chi connectivity index (χ0) is 23.0. The van der Waals surface area contributed by atoms with E-state index >= 15 is 0 Å². The van der Waals surface area contributed by atoms with Crippen molar-refractivity contribution in [1.82, 2.24) is 4.90 Å². The highest BCUT2D eigenvalue weighted by Gasteiger charge is 2.29. The van der Waals surface area contributed by atoms with Crippen LogP contribution in [0.4, 0.5) is 4.79 Å². The smallest absolute Gasteiger partial charge is 0.290 e. The van der Waals surface area contributed by atoms with Gasteiger partial charge in [0.1, 0.15) is 18.1 Å². The van der Waals surface area contributed by atoms with Crippen LogP contribution in [0.25, 0.3) is 0 Å². The van der Waals surface area contributed by atoms with Crippen molar-refractivity contribution in [3.8, 4) is 11.5 Å². The van der Waals surface area contributed by atoms with Gasteiger partial charge in [-0.05, 0) is 75.8 Å². The molecule has 0 bridgehead atoms. The minimum atomic E-state index is -0.443. The van der Waals surface area contributed by atoms with E-state index < -0.39 is 5.54 Å². The van der Waals surface area contributed by atoms with E-state index in [2.05, 4.69) is 0 Å². The molecule has 2 aromatic carbocycles. The number of nitrogens with zero attached hydrogens (tertiary/aromatic N) is 1. The van der Waals surface area contributed by atoms with Crippen molar-refractivity contribution in [2.75, 3.05) is 13.7 Å². The minimum Gasteiger partial charge on any atom is -0.497 e. The number of carbonyl (C=O) groups excluding carboxylic acids is 1. The number of hydrogen-bond acceptors (Lipinski definition) is 6. The number of rotatable bonds is 7. The third-order valence-corrected chi connectivity index (χ3v) is 5.65. The number of halogens is 1. The molecular weight excluding hydrogens is 454 g/mol. The molecule has 1 amide bonds. The van der Waals surface area contributed by atoms with Gasteiger partial charge in [0.25, 0.3) is 5.24 Å². The van der Waals surface area contributed by atoms with E-state index in [1.54, 1.807) is 18.1 Å². The van der Waals surface area contributed by atoms with Gasteiger partial charge < -0.3 is 19.1 Å². The second kappa shape index (κ2) is 11.6. The lowest BCUT2D eigenvalue weighted by atomic mass is 10.1. The van der Waals surface area contributed by atoms with Crippen LogP contribution in [0.15, 0.2) is 42.5 Å². The average Bonchev–Trinajstić information content (AvgIpc) is 2.70. The summed E-state index contributed by atoms with van der Waals surface area (Å²) < 4.78 is 16.7. The number of carbonyl (C=O) groups is 1. The van der Waals surface area contributed by atoms with Crippen LogP contribution in [0.1, 0.15) is 38.8 Å². The molecule has 2 rings (SSSR count). The molecule has 0 aliphatic rings. The fourth-order valence-electron chi connectivity index (χ4n) is 2.71. The van der Waals surface area contributed by atoms with Crippen molar-refractivity contribution in [3.05, 3.63) is 58.6 Å². The molecule has 8 heteroatoms. The van der Waals surface area contributed by atoms with Crippen LogP contribution in [-0.4, -0.2) is 33.8 Å². The number of thiocarbonyl (C=S) groups is 1. The van der Waals surface area contributed by atoms with Crippen molar-refractivity contribution < 1.29 is 19.0 Å². The molecule has 0 aliphatic heterocycles. The molecule has 2 aromatic rings. The summed E-state index contributed by atoms with van der Waals surface area (Å²) in [6, 6.07) is 13.1. The Morgan fingerprint density at radius 1 is 1.16 bits per heavy atom. The Bertz CT molecular complexity index is 897. The van der Waals surface area contributed by atoms with Gasteiger partial charge in [-0.15, -0.1) is 0 Å². The Morgan fingerprint density at radius 2 is 1.84 bits per heavy atom. The van der Waals surface area contributed by atoms with Crippen LogP contribution in [0.3, 0.4) is 0 Å². The van der Waals surface area contributed by atoms with Gasteiger partial charge in [0.15, 0.2) is 0 Å². The van der Waals surface area contributed by atoms with Crippen molar-refractivity contribution in [2.45, 2.75) is 46.4 Å². The van der Waals surface area contributed by atoms with Crippen LogP contribution in [0.2, 0.25) is 5.02 Å². The van der Waals surface area contributed by atoms with Crippen molar-refractivity contribution >= 4 is 45.2 Å². The highest BCUT2D eigenvalue weighted by molar-refractivity contribution is 8.32. The first-order valence-corrected chi connectivity index (χ1v) is 11.4. The van der Waals surface area contributed by atoms with Crippen molar-refractivity contribution in [1.29, 1.82) is 0 Å². The average molecular weight is 482 g/mol.